The second-order valence-electron chi connectivity index (χ2n) is 6.52. The molecule has 2 aliphatic rings. The molecule has 0 aromatic heterocycles. The van der Waals surface area contributed by atoms with Gasteiger partial charge in [0.05, 0.1) is 26.0 Å². The Balaban J connectivity index is 1.73. The number of methoxy groups -OCH3 is 2. The molecule has 2 unspecified atom stereocenters. The Hall–Kier alpha value is -2.20. The molecule has 2 atom stereocenters. The van der Waals surface area contributed by atoms with Gasteiger partial charge in [0.15, 0.2) is 11.5 Å². The van der Waals surface area contributed by atoms with E-state index in [1.54, 1.807) is 14.2 Å². The van der Waals surface area contributed by atoms with Crippen LogP contribution in [-0.2, 0) is 6.42 Å². The molecular weight excluding hydrogens is 336 g/mol. The molecule has 0 saturated heterocycles. The number of fused-ring (bicyclic) bond motifs is 3. The lowest BCUT2D eigenvalue weighted by Crippen LogP contribution is -2.21. The molecule has 4 rings (SSSR count). The first-order valence-electron chi connectivity index (χ1n) is 8.55. The first-order valence-corrected chi connectivity index (χ1v) is 8.93. The van der Waals surface area contributed by atoms with Crippen molar-refractivity contribution in [2.45, 2.75) is 25.3 Å². The van der Waals surface area contributed by atoms with Crippen LogP contribution in [0.15, 0.2) is 41.5 Å². The number of halogens is 1. The fourth-order valence-electron chi connectivity index (χ4n) is 3.89. The van der Waals surface area contributed by atoms with Crippen LogP contribution >= 0.6 is 11.6 Å². The van der Waals surface area contributed by atoms with Crippen molar-refractivity contribution in [2.24, 2.45) is 11.0 Å². The smallest absolute Gasteiger partial charge is 0.161 e. The second kappa shape index (κ2) is 6.60. The van der Waals surface area contributed by atoms with E-state index >= 15 is 0 Å². The SMILES string of the molecule is COc1cc2c(cc1OC)C1=NNC(c3ccc(Cl)cc3)C1CCC2. The Morgan fingerprint density at radius 2 is 1.80 bits per heavy atom. The maximum absolute atomic E-state index is 6.04. The van der Waals surface area contributed by atoms with E-state index in [9.17, 15) is 0 Å². The van der Waals surface area contributed by atoms with Crippen molar-refractivity contribution in [3.8, 4) is 11.5 Å². The summed E-state index contributed by atoms with van der Waals surface area (Å²) < 4.78 is 11.0. The minimum atomic E-state index is 0.186. The predicted octanol–water partition coefficient (Wildman–Crippen LogP) is 4.36. The van der Waals surface area contributed by atoms with Gasteiger partial charge < -0.3 is 14.9 Å². The molecule has 0 bridgehead atoms. The van der Waals surface area contributed by atoms with E-state index < -0.39 is 0 Å². The lowest BCUT2D eigenvalue weighted by molar-refractivity contribution is 0.354. The molecule has 2 aromatic carbocycles. The number of nitrogens with zero attached hydrogens (tertiary/aromatic N) is 1. The van der Waals surface area contributed by atoms with Gasteiger partial charge in [-0.25, -0.2) is 0 Å². The van der Waals surface area contributed by atoms with Gasteiger partial charge in [-0.1, -0.05) is 23.7 Å². The third kappa shape index (κ3) is 2.85. The van der Waals surface area contributed by atoms with E-state index in [1.807, 2.05) is 12.1 Å². The molecule has 2 aromatic rings. The van der Waals surface area contributed by atoms with Crippen LogP contribution in [0, 0.1) is 5.92 Å². The zero-order valence-electron chi connectivity index (χ0n) is 14.4. The van der Waals surface area contributed by atoms with Gasteiger partial charge in [0.25, 0.3) is 0 Å². The van der Waals surface area contributed by atoms with Crippen LogP contribution < -0.4 is 14.9 Å². The summed E-state index contributed by atoms with van der Waals surface area (Å²) in [7, 11) is 3.35. The topological polar surface area (TPSA) is 42.9 Å². The molecule has 5 heteroatoms. The average Bonchev–Trinajstić information content (AvgIpc) is 2.97. The van der Waals surface area contributed by atoms with Gasteiger partial charge in [0.1, 0.15) is 0 Å². The van der Waals surface area contributed by atoms with Gasteiger partial charge in [0, 0.05) is 16.5 Å². The summed E-state index contributed by atoms with van der Waals surface area (Å²) in [5.41, 5.74) is 8.13. The molecule has 1 heterocycles. The van der Waals surface area contributed by atoms with Gasteiger partial charge in [-0.05, 0) is 54.7 Å². The van der Waals surface area contributed by atoms with Gasteiger partial charge in [-0.3, -0.25) is 0 Å². The second-order valence-corrected chi connectivity index (χ2v) is 6.95. The maximum Gasteiger partial charge on any atom is 0.161 e. The molecule has 25 heavy (non-hydrogen) atoms. The molecule has 4 nitrogen and oxygen atoms in total. The van der Waals surface area contributed by atoms with E-state index in [2.05, 4.69) is 29.7 Å². The lowest BCUT2D eigenvalue weighted by atomic mass is 9.86. The van der Waals surface area contributed by atoms with Crippen LogP contribution in [0.25, 0.3) is 0 Å². The minimum absolute atomic E-state index is 0.186. The van der Waals surface area contributed by atoms with Crippen LogP contribution in [0.2, 0.25) is 5.02 Å². The number of benzene rings is 2. The van der Waals surface area contributed by atoms with Crippen molar-refractivity contribution >= 4 is 17.3 Å². The lowest BCUT2D eigenvalue weighted by Gasteiger charge is -2.20. The van der Waals surface area contributed by atoms with Crippen molar-refractivity contribution in [3.63, 3.8) is 0 Å². The standard InChI is InChI=1S/C20H21ClN2O2/c1-24-17-10-13-4-3-5-15-19(12-6-8-14(21)9-7-12)22-23-20(15)16(13)11-18(17)25-2/h6-11,15,19,22H,3-5H2,1-2H3. The minimum Gasteiger partial charge on any atom is -0.493 e. The van der Waals surface area contributed by atoms with Crippen LogP contribution in [0.3, 0.4) is 0 Å². The highest BCUT2D eigenvalue weighted by atomic mass is 35.5. The summed E-state index contributed by atoms with van der Waals surface area (Å²) in [5, 5.41) is 5.46. The van der Waals surface area contributed by atoms with Crippen molar-refractivity contribution in [3.05, 3.63) is 58.1 Å². The van der Waals surface area contributed by atoms with Gasteiger partial charge in [-0.15, -0.1) is 0 Å². The number of ether oxygens (including phenoxy) is 2. The van der Waals surface area contributed by atoms with Gasteiger partial charge in [-0.2, -0.15) is 5.10 Å². The number of aryl methyl sites for hydroxylation is 1. The monoisotopic (exact) mass is 356 g/mol. The first kappa shape index (κ1) is 16.3. The van der Waals surface area contributed by atoms with Crippen LogP contribution in [0.4, 0.5) is 0 Å². The Labute approximate surface area is 152 Å². The summed E-state index contributed by atoms with van der Waals surface area (Å²) in [6.45, 7) is 0. The molecule has 1 N–H and O–H groups in total. The van der Waals surface area contributed by atoms with E-state index in [0.29, 0.717) is 5.92 Å². The molecule has 0 amide bonds. The molecule has 0 spiro atoms. The van der Waals surface area contributed by atoms with Crippen molar-refractivity contribution in [1.82, 2.24) is 5.43 Å². The van der Waals surface area contributed by atoms with Crippen molar-refractivity contribution in [1.29, 1.82) is 0 Å². The van der Waals surface area contributed by atoms with Crippen molar-refractivity contribution in [2.75, 3.05) is 14.2 Å². The molecule has 1 aliphatic carbocycles. The van der Waals surface area contributed by atoms with Crippen molar-refractivity contribution < 1.29 is 9.47 Å². The number of nitrogens with one attached hydrogen (secondary N) is 1. The summed E-state index contributed by atoms with van der Waals surface area (Å²) >= 11 is 6.04. The molecule has 1 aliphatic heterocycles. The average molecular weight is 357 g/mol. The summed E-state index contributed by atoms with van der Waals surface area (Å²) in [6, 6.07) is 12.4. The van der Waals surface area contributed by atoms with E-state index in [4.69, 9.17) is 26.2 Å². The number of hydrogen-bond acceptors (Lipinski definition) is 4. The van der Waals surface area contributed by atoms with Gasteiger partial charge in [0.2, 0.25) is 0 Å². The first-order chi connectivity index (χ1) is 12.2. The van der Waals surface area contributed by atoms with Crippen LogP contribution in [0.1, 0.15) is 35.6 Å². The number of hydrogen-bond donors (Lipinski definition) is 1. The summed E-state index contributed by atoms with van der Waals surface area (Å²) in [6.07, 6.45) is 3.24. The number of hydrazone groups is 1. The van der Waals surface area contributed by atoms with E-state index in [0.717, 1.165) is 41.5 Å². The van der Waals surface area contributed by atoms with Crippen LogP contribution in [-0.4, -0.2) is 19.9 Å². The zero-order valence-corrected chi connectivity index (χ0v) is 15.1. The molecule has 0 saturated carbocycles. The van der Waals surface area contributed by atoms with Gasteiger partial charge >= 0.3 is 0 Å². The largest absolute Gasteiger partial charge is 0.493 e. The Morgan fingerprint density at radius 3 is 2.52 bits per heavy atom. The third-order valence-electron chi connectivity index (χ3n) is 5.15. The number of rotatable bonds is 3. The van der Waals surface area contributed by atoms with E-state index in [-0.39, 0.29) is 6.04 Å². The quantitative estimate of drug-likeness (QED) is 0.888. The third-order valence-corrected chi connectivity index (χ3v) is 5.41. The fraction of sp³-hybridized carbons (Fsp3) is 0.350. The normalized spacial score (nSPS) is 21.5. The summed E-state index contributed by atoms with van der Waals surface area (Å²) in [4.78, 5) is 0. The Bertz CT molecular complexity index is 817. The molecular formula is C20H21ClN2O2. The van der Waals surface area contributed by atoms with E-state index in [1.165, 1.54) is 16.7 Å². The Morgan fingerprint density at radius 1 is 1.08 bits per heavy atom. The fourth-order valence-corrected chi connectivity index (χ4v) is 4.01. The molecule has 0 radical (unpaired) electrons. The highest BCUT2D eigenvalue weighted by molar-refractivity contribution is 6.30. The highest BCUT2D eigenvalue weighted by Crippen LogP contribution is 2.40. The molecule has 130 valence electrons. The molecule has 0 fully saturated rings. The maximum atomic E-state index is 6.04. The van der Waals surface area contributed by atoms with Crippen LogP contribution in [0.5, 0.6) is 11.5 Å². The Kier molecular flexibility index (Phi) is 4.30. The predicted molar refractivity (Wildman–Crippen MR) is 99.8 cm³/mol. The summed E-state index contributed by atoms with van der Waals surface area (Å²) in [5.74, 6) is 1.88. The highest BCUT2D eigenvalue weighted by Gasteiger charge is 2.36. The zero-order chi connectivity index (χ0) is 17.4.